The molecule has 0 spiro atoms. The van der Waals surface area contributed by atoms with Crippen molar-refractivity contribution in [3.8, 4) is 11.4 Å². The van der Waals surface area contributed by atoms with E-state index in [0.717, 1.165) is 28.4 Å². The van der Waals surface area contributed by atoms with Crippen LogP contribution in [0.2, 0.25) is 0 Å². The van der Waals surface area contributed by atoms with Gasteiger partial charge in [-0.3, -0.25) is 9.47 Å². The fraction of sp³-hybridized carbons (Fsp3) is 0.200. The van der Waals surface area contributed by atoms with Gasteiger partial charge in [-0.25, -0.2) is 9.97 Å². The van der Waals surface area contributed by atoms with Gasteiger partial charge >= 0.3 is 0 Å². The van der Waals surface area contributed by atoms with E-state index < -0.39 is 0 Å². The number of anilines is 3. The Bertz CT molecular complexity index is 3040. The van der Waals surface area contributed by atoms with Gasteiger partial charge < -0.3 is 4.57 Å². The van der Waals surface area contributed by atoms with E-state index in [1.807, 2.05) is 12.4 Å². The fourth-order valence-corrected chi connectivity index (χ4v) is 9.79. The molecule has 5 aromatic carbocycles. The van der Waals surface area contributed by atoms with Crippen LogP contribution in [0.5, 0.6) is 0 Å². The van der Waals surface area contributed by atoms with Gasteiger partial charge in [0, 0.05) is 61.7 Å². The molecule has 11 rings (SSSR count). The van der Waals surface area contributed by atoms with E-state index in [1.165, 1.54) is 71.8 Å². The summed E-state index contributed by atoms with van der Waals surface area (Å²) < 4.78 is 4.89. The molecule has 5 heteroatoms. The number of pyridine rings is 2. The Balaban J connectivity index is 1.18. The molecule has 0 saturated carbocycles. The van der Waals surface area contributed by atoms with E-state index in [4.69, 9.17) is 9.97 Å². The average molecular weight is 714 g/mol. The molecule has 0 amide bonds. The Hall–Kier alpha value is -6.20. The first-order chi connectivity index (χ1) is 26.4. The smallest absolute Gasteiger partial charge is 0.145 e. The molecule has 0 bridgehead atoms. The molecule has 0 fully saturated rings. The second-order valence-corrected chi connectivity index (χ2v) is 17.6. The van der Waals surface area contributed by atoms with Crippen molar-refractivity contribution in [3.63, 3.8) is 0 Å². The third-order valence-electron chi connectivity index (χ3n) is 12.7. The van der Waals surface area contributed by atoms with Crippen molar-refractivity contribution in [2.45, 2.75) is 64.7 Å². The quantitative estimate of drug-likeness (QED) is 0.179. The summed E-state index contributed by atoms with van der Waals surface area (Å²) in [6.07, 6.45) is 3.85. The minimum atomic E-state index is -0.221. The van der Waals surface area contributed by atoms with Crippen LogP contribution < -0.4 is 4.90 Å². The number of benzene rings is 5. The molecule has 55 heavy (non-hydrogen) atoms. The number of para-hydroxylation sites is 2. The number of nitrogens with zero attached hydrogens (tertiary/aromatic N) is 5. The summed E-state index contributed by atoms with van der Waals surface area (Å²) in [6, 6.07) is 45.1. The molecule has 6 heterocycles. The van der Waals surface area contributed by atoms with Crippen LogP contribution in [0.4, 0.5) is 17.2 Å². The van der Waals surface area contributed by atoms with E-state index in [2.05, 4.69) is 184 Å². The van der Waals surface area contributed by atoms with Crippen LogP contribution >= 0.6 is 0 Å². The number of rotatable bonds is 2. The van der Waals surface area contributed by atoms with E-state index in [-0.39, 0.29) is 16.2 Å². The van der Waals surface area contributed by atoms with Crippen LogP contribution in [-0.4, -0.2) is 19.1 Å². The van der Waals surface area contributed by atoms with Gasteiger partial charge in [-0.15, -0.1) is 0 Å². The molecule has 268 valence electrons. The van der Waals surface area contributed by atoms with Gasteiger partial charge in [0.2, 0.25) is 0 Å². The van der Waals surface area contributed by atoms with Gasteiger partial charge in [0.1, 0.15) is 11.5 Å². The van der Waals surface area contributed by atoms with Crippen LogP contribution in [0.3, 0.4) is 0 Å². The van der Waals surface area contributed by atoms with E-state index in [0.29, 0.717) is 0 Å². The van der Waals surface area contributed by atoms with Crippen LogP contribution in [0, 0.1) is 0 Å². The maximum atomic E-state index is 5.05. The number of hydrogen-bond acceptors (Lipinski definition) is 3. The summed E-state index contributed by atoms with van der Waals surface area (Å²) >= 11 is 0. The Morgan fingerprint density at radius 3 is 2.02 bits per heavy atom. The lowest BCUT2D eigenvalue weighted by molar-refractivity contribution is 0.582. The van der Waals surface area contributed by atoms with Crippen LogP contribution in [0.1, 0.15) is 76.3 Å². The topological polar surface area (TPSA) is 38.9 Å². The second-order valence-electron chi connectivity index (χ2n) is 17.6. The number of aromatic nitrogens is 4. The normalized spacial score (nSPS) is 15.4. The Morgan fingerprint density at radius 1 is 0.491 bits per heavy atom. The molecule has 5 nitrogen and oxygen atoms in total. The minimum Gasteiger partial charge on any atom is -0.309 e. The van der Waals surface area contributed by atoms with Crippen molar-refractivity contribution in [1.82, 2.24) is 19.1 Å². The molecule has 4 aromatic heterocycles. The van der Waals surface area contributed by atoms with Crippen molar-refractivity contribution < 1.29 is 0 Å². The first-order valence-corrected chi connectivity index (χ1v) is 19.4. The molecule has 0 N–H and O–H groups in total. The van der Waals surface area contributed by atoms with Crippen LogP contribution in [0.25, 0.3) is 55.1 Å². The van der Waals surface area contributed by atoms with Crippen molar-refractivity contribution in [2.24, 2.45) is 0 Å². The van der Waals surface area contributed by atoms with E-state index in [9.17, 15) is 0 Å². The fourth-order valence-electron chi connectivity index (χ4n) is 9.79. The highest BCUT2D eigenvalue weighted by atomic mass is 15.2. The van der Waals surface area contributed by atoms with Gasteiger partial charge in [0.25, 0.3) is 0 Å². The second kappa shape index (κ2) is 10.7. The van der Waals surface area contributed by atoms with Crippen molar-refractivity contribution >= 4 is 60.9 Å². The Morgan fingerprint density at radius 2 is 1.16 bits per heavy atom. The molecule has 0 aliphatic carbocycles. The lowest BCUT2D eigenvalue weighted by Gasteiger charge is -2.40. The van der Waals surface area contributed by atoms with Gasteiger partial charge in [0.15, 0.2) is 0 Å². The lowest BCUT2D eigenvalue weighted by Crippen LogP contribution is -2.31. The summed E-state index contributed by atoms with van der Waals surface area (Å²) in [4.78, 5) is 12.4. The van der Waals surface area contributed by atoms with Gasteiger partial charge in [-0.2, -0.15) is 0 Å². The van der Waals surface area contributed by atoms with Gasteiger partial charge in [0.05, 0.1) is 27.9 Å². The highest BCUT2D eigenvalue weighted by Crippen LogP contribution is 2.52. The SMILES string of the molecule is CC(C)(C)c1cc2c3c(c1)c1cccnc1n3-c1cc(-n3c4ccccc4c4ccc(N5c6ccccc6C(C)(C)c6cccnc65)cc43)ccc1C2(C)C. The van der Waals surface area contributed by atoms with Gasteiger partial charge in [-0.1, -0.05) is 109 Å². The largest absolute Gasteiger partial charge is 0.309 e. The molecule has 0 atom stereocenters. The molecular weight excluding hydrogens is 671 g/mol. The first kappa shape index (κ1) is 32.2. The summed E-state index contributed by atoms with van der Waals surface area (Å²) in [5.41, 5.74) is 15.3. The molecule has 0 unspecified atom stereocenters. The van der Waals surface area contributed by atoms with E-state index in [1.54, 1.807) is 0 Å². The maximum Gasteiger partial charge on any atom is 0.145 e. The minimum absolute atomic E-state index is 0.0154. The maximum absolute atomic E-state index is 5.05. The summed E-state index contributed by atoms with van der Waals surface area (Å²) in [5, 5.41) is 4.92. The van der Waals surface area contributed by atoms with Crippen molar-refractivity contribution in [1.29, 1.82) is 0 Å². The van der Waals surface area contributed by atoms with Gasteiger partial charge in [-0.05, 0) is 88.3 Å². The summed E-state index contributed by atoms with van der Waals surface area (Å²) in [7, 11) is 0. The Labute approximate surface area is 321 Å². The predicted octanol–water partition coefficient (Wildman–Crippen LogP) is 12.7. The van der Waals surface area contributed by atoms with E-state index >= 15 is 0 Å². The number of fused-ring (bicyclic) bond motifs is 10. The summed E-state index contributed by atoms with van der Waals surface area (Å²) in [6.45, 7) is 16.3. The van der Waals surface area contributed by atoms with Crippen molar-refractivity contribution in [2.75, 3.05) is 4.90 Å². The highest BCUT2D eigenvalue weighted by Gasteiger charge is 2.39. The standard InChI is InChI=1S/C50H43N5/c1-48(2,3)30-26-36-35-15-12-24-51-46(35)55-44-29-31(21-23-38(44)50(6,7)40(27-30)45(36)55)53-41-18-10-8-14-33(41)34-22-20-32(28-43(34)53)54-42-19-11-9-16-37(42)49(4,5)39-17-13-25-52-47(39)54/h8-29H,1-7H3. The average Bonchev–Trinajstić information content (AvgIpc) is 3.69. The Kier molecular flexibility index (Phi) is 6.29. The molecule has 0 radical (unpaired) electrons. The monoisotopic (exact) mass is 713 g/mol. The predicted molar refractivity (Wildman–Crippen MR) is 228 cm³/mol. The summed E-state index contributed by atoms with van der Waals surface area (Å²) in [5.74, 6) is 0.980. The van der Waals surface area contributed by atoms with Crippen LogP contribution in [-0.2, 0) is 16.2 Å². The third kappa shape index (κ3) is 4.24. The highest BCUT2D eigenvalue weighted by molar-refractivity contribution is 6.12. The first-order valence-electron chi connectivity index (χ1n) is 19.4. The lowest BCUT2D eigenvalue weighted by atomic mass is 9.72. The molecule has 0 saturated heterocycles. The zero-order valence-corrected chi connectivity index (χ0v) is 32.4. The third-order valence-corrected chi connectivity index (χ3v) is 12.7. The zero-order chi connectivity index (χ0) is 37.6. The molecular formula is C50H43N5. The van der Waals surface area contributed by atoms with Crippen LogP contribution in [0.15, 0.2) is 134 Å². The molecule has 9 aromatic rings. The number of hydrogen-bond donors (Lipinski definition) is 0. The molecule has 2 aliphatic heterocycles. The molecule has 2 aliphatic rings. The zero-order valence-electron chi connectivity index (χ0n) is 32.4. The van der Waals surface area contributed by atoms with Crippen molar-refractivity contribution in [3.05, 3.63) is 162 Å².